The summed E-state index contributed by atoms with van der Waals surface area (Å²) in [6, 6.07) is 3.81. The van der Waals surface area contributed by atoms with E-state index in [-0.39, 0.29) is 16.3 Å². The van der Waals surface area contributed by atoms with Gasteiger partial charge in [0.05, 0.1) is 16.6 Å². The van der Waals surface area contributed by atoms with Gasteiger partial charge in [0.25, 0.3) is 5.91 Å². The number of phenolic OH excluding ortho intramolecular Hbond substituents is 1. The highest BCUT2D eigenvalue weighted by Gasteiger charge is 2.14. The van der Waals surface area contributed by atoms with E-state index in [9.17, 15) is 9.90 Å². The second-order valence-electron chi connectivity index (χ2n) is 3.26. The summed E-state index contributed by atoms with van der Waals surface area (Å²) in [6.45, 7) is 1.66. The number of halogens is 1. The zero-order valence-corrected chi connectivity index (χ0v) is 10.1. The first-order chi connectivity index (χ1) is 7.41. The van der Waals surface area contributed by atoms with Crippen molar-refractivity contribution in [1.29, 1.82) is 0 Å². The predicted molar refractivity (Wildman–Crippen MR) is 66.8 cm³/mol. The molecule has 86 valence electrons. The Morgan fingerprint density at radius 1 is 1.62 bits per heavy atom. The normalized spacial score (nSPS) is 11.9. The monoisotopic (exact) mass is 258 g/mol. The molecule has 0 radical (unpaired) electrons. The molecular weight excluding hydrogens is 248 g/mol. The molecule has 0 aliphatic rings. The average molecular weight is 259 g/mol. The number of phenols is 1. The van der Waals surface area contributed by atoms with Gasteiger partial charge in [-0.25, -0.2) is 0 Å². The molecular formula is C10H11ClN2O2S. The summed E-state index contributed by atoms with van der Waals surface area (Å²) in [5.41, 5.74) is 5.49. The smallest absolute Gasteiger partial charge is 0.255 e. The first-order valence-electron chi connectivity index (χ1n) is 4.50. The van der Waals surface area contributed by atoms with Gasteiger partial charge in [0.2, 0.25) is 0 Å². The highest BCUT2D eigenvalue weighted by Crippen LogP contribution is 2.21. The maximum Gasteiger partial charge on any atom is 0.255 e. The lowest BCUT2D eigenvalue weighted by Crippen LogP contribution is -2.41. The van der Waals surface area contributed by atoms with Gasteiger partial charge in [0.1, 0.15) is 5.75 Å². The van der Waals surface area contributed by atoms with Crippen LogP contribution in [-0.2, 0) is 0 Å². The SMILES string of the molecule is CC(NC(=O)c1ccc(Cl)cc1O)C(N)=S. The minimum absolute atomic E-state index is 0.132. The lowest BCUT2D eigenvalue weighted by Gasteiger charge is -2.12. The minimum Gasteiger partial charge on any atom is -0.507 e. The number of thiocarbonyl (C=S) groups is 1. The average Bonchev–Trinajstić information content (AvgIpc) is 2.16. The molecule has 4 N–H and O–H groups in total. The largest absolute Gasteiger partial charge is 0.507 e. The van der Waals surface area contributed by atoms with Gasteiger partial charge in [-0.2, -0.15) is 0 Å². The van der Waals surface area contributed by atoms with Crippen molar-refractivity contribution >= 4 is 34.7 Å². The van der Waals surface area contributed by atoms with Crippen LogP contribution >= 0.6 is 23.8 Å². The molecule has 0 saturated heterocycles. The predicted octanol–water partition coefficient (Wildman–Crippen LogP) is 1.45. The number of rotatable bonds is 3. The molecule has 1 amide bonds. The van der Waals surface area contributed by atoms with Gasteiger partial charge in [-0.15, -0.1) is 0 Å². The Morgan fingerprint density at radius 3 is 2.75 bits per heavy atom. The number of carbonyl (C=O) groups is 1. The van der Waals surface area contributed by atoms with E-state index in [1.807, 2.05) is 0 Å². The molecule has 0 aliphatic carbocycles. The zero-order valence-electron chi connectivity index (χ0n) is 8.53. The van der Waals surface area contributed by atoms with E-state index in [2.05, 4.69) is 5.32 Å². The van der Waals surface area contributed by atoms with Crippen LogP contribution in [0.3, 0.4) is 0 Å². The van der Waals surface area contributed by atoms with Crippen molar-refractivity contribution in [3.05, 3.63) is 28.8 Å². The number of amides is 1. The van der Waals surface area contributed by atoms with Crippen molar-refractivity contribution in [3.63, 3.8) is 0 Å². The molecule has 1 aromatic rings. The lowest BCUT2D eigenvalue weighted by molar-refractivity contribution is 0.0946. The molecule has 0 aliphatic heterocycles. The Kier molecular flexibility index (Phi) is 4.09. The Balaban J connectivity index is 2.85. The molecule has 1 rings (SSSR count). The molecule has 0 fully saturated rings. The van der Waals surface area contributed by atoms with Crippen molar-refractivity contribution in [3.8, 4) is 5.75 Å². The van der Waals surface area contributed by atoms with Gasteiger partial charge < -0.3 is 16.2 Å². The highest BCUT2D eigenvalue weighted by atomic mass is 35.5. The standard InChI is InChI=1S/C10H11ClN2O2S/c1-5(9(12)16)13-10(15)7-3-2-6(11)4-8(7)14/h2-5,14H,1H3,(H2,12,16)(H,13,15). The number of nitrogens with one attached hydrogen (secondary N) is 1. The Hall–Kier alpha value is -1.33. The fraction of sp³-hybridized carbons (Fsp3) is 0.200. The summed E-state index contributed by atoms with van der Waals surface area (Å²) < 4.78 is 0. The molecule has 4 nitrogen and oxygen atoms in total. The Labute approximate surface area is 103 Å². The van der Waals surface area contributed by atoms with Crippen LogP contribution in [0, 0.1) is 0 Å². The van der Waals surface area contributed by atoms with Crippen molar-refractivity contribution in [1.82, 2.24) is 5.32 Å². The molecule has 1 unspecified atom stereocenters. The summed E-state index contributed by atoms with van der Waals surface area (Å²) >= 11 is 10.4. The maximum atomic E-state index is 11.7. The van der Waals surface area contributed by atoms with Crippen LogP contribution in [0.2, 0.25) is 5.02 Å². The second kappa shape index (κ2) is 5.14. The van der Waals surface area contributed by atoms with Crippen LogP contribution in [-0.4, -0.2) is 22.0 Å². The third-order valence-corrected chi connectivity index (χ3v) is 2.57. The third kappa shape index (κ3) is 3.08. The first-order valence-corrected chi connectivity index (χ1v) is 5.29. The van der Waals surface area contributed by atoms with E-state index < -0.39 is 11.9 Å². The minimum atomic E-state index is -0.450. The van der Waals surface area contributed by atoms with E-state index in [0.29, 0.717) is 5.02 Å². The van der Waals surface area contributed by atoms with Crippen molar-refractivity contribution in [2.75, 3.05) is 0 Å². The number of nitrogens with two attached hydrogens (primary N) is 1. The highest BCUT2D eigenvalue weighted by molar-refractivity contribution is 7.80. The van der Waals surface area contributed by atoms with Crippen molar-refractivity contribution in [2.24, 2.45) is 5.73 Å². The quantitative estimate of drug-likeness (QED) is 0.718. The topological polar surface area (TPSA) is 75.3 Å². The van der Waals surface area contributed by atoms with Crippen LogP contribution < -0.4 is 11.1 Å². The van der Waals surface area contributed by atoms with Gasteiger partial charge in [-0.1, -0.05) is 23.8 Å². The van der Waals surface area contributed by atoms with E-state index in [1.165, 1.54) is 18.2 Å². The molecule has 1 aromatic carbocycles. The van der Waals surface area contributed by atoms with E-state index in [4.69, 9.17) is 29.6 Å². The van der Waals surface area contributed by atoms with Crippen molar-refractivity contribution < 1.29 is 9.90 Å². The molecule has 6 heteroatoms. The third-order valence-electron chi connectivity index (χ3n) is 1.98. The van der Waals surface area contributed by atoms with E-state index in [0.717, 1.165) is 0 Å². The Bertz CT molecular complexity index is 437. The Morgan fingerprint density at radius 2 is 2.25 bits per heavy atom. The second-order valence-corrected chi connectivity index (χ2v) is 4.17. The van der Waals surface area contributed by atoms with Crippen LogP contribution in [0.15, 0.2) is 18.2 Å². The summed E-state index contributed by atoms with van der Waals surface area (Å²) in [5, 5.41) is 12.4. The fourth-order valence-electron chi connectivity index (χ4n) is 1.04. The van der Waals surface area contributed by atoms with Gasteiger partial charge in [0.15, 0.2) is 0 Å². The molecule has 1 atom stereocenters. The summed E-state index contributed by atoms with van der Waals surface area (Å²) in [4.78, 5) is 11.8. The van der Waals surface area contributed by atoms with Crippen LogP contribution in [0.5, 0.6) is 5.75 Å². The number of hydrogen-bond donors (Lipinski definition) is 3. The van der Waals surface area contributed by atoms with Crippen LogP contribution in [0.25, 0.3) is 0 Å². The summed E-state index contributed by atoms with van der Waals surface area (Å²) in [5.74, 6) is -0.630. The molecule has 0 saturated carbocycles. The molecule has 16 heavy (non-hydrogen) atoms. The van der Waals surface area contributed by atoms with Crippen LogP contribution in [0.1, 0.15) is 17.3 Å². The summed E-state index contributed by atoms with van der Waals surface area (Å²) in [7, 11) is 0. The number of hydrogen-bond acceptors (Lipinski definition) is 3. The molecule has 0 spiro atoms. The van der Waals surface area contributed by atoms with Gasteiger partial charge in [-0.3, -0.25) is 4.79 Å². The fourth-order valence-corrected chi connectivity index (χ4v) is 1.27. The van der Waals surface area contributed by atoms with E-state index >= 15 is 0 Å². The number of carbonyl (C=O) groups excluding carboxylic acids is 1. The first kappa shape index (κ1) is 12.7. The lowest BCUT2D eigenvalue weighted by atomic mass is 10.2. The van der Waals surface area contributed by atoms with Gasteiger partial charge >= 0.3 is 0 Å². The number of aromatic hydroxyl groups is 1. The zero-order chi connectivity index (χ0) is 12.3. The molecule has 0 bridgehead atoms. The van der Waals surface area contributed by atoms with Gasteiger partial charge in [-0.05, 0) is 25.1 Å². The maximum absolute atomic E-state index is 11.7. The van der Waals surface area contributed by atoms with E-state index in [1.54, 1.807) is 6.92 Å². The summed E-state index contributed by atoms with van der Waals surface area (Å²) in [6.07, 6.45) is 0. The van der Waals surface area contributed by atoms with Gasteiger partial charge in [0, 0.05) is 5.02 Å². The van der Waals surface area contributed by atoms with Crippen LogP contribution in [0.4, 0.5) is 0 Å². The number of benzene rings is 1. The molecule has 0 heterocycles. The van der Waals surface area contributed by atoms with Crippen molar-refractivity contribution in [2.45, 2.75) is 13.0 Å². The molecule has 0 aromatic heterocycles.